The van der Waals surface area contributed by atoms with E-state index in [1.54, 1.807) is 12.1 Å². The zero-order valence-electron chi connectivity index (χ0n) is 16.5. The van der Waals surface area contributed by atoms with Gasteiger partial charge in [-0.25, -0.2) is 9.40 Å². The Bertz CT molecular complexity index is 720. The van der Waals surface area contributed by atoms with E-state index >= 15 is 0 Å². The molecule has 3 rings (SSSR count). The Morgan fingerprint density at radius 3 is 2.82 bits per heavy atom. The third kappa shape index (κ3) is 5.86. The molecule has 1 N–H and O–H groups in total. The molecule has 1 saturated heterocycles. The van der Waals surface area contributed by atoms with Gasteiger partial charge in [0.2, 0.25) is 5.91 Å². The van der Waals surface area contributed by atoms with Crippen LogP contribution in [0.5, 0.6) is 0 Å². The summed E-state index contributed by atoms with van der Waals surface area (Å²) in [6, 6.07) is 5.94. The zero-order chi connectivity index (χ0) is 19.9. The molecule has 1 unspecified atom stereocenters. The molecule has 0 bridgehead atoms. The molecule has 2 heterocycles. The smallest absolute Gasteiger partial charge is 0.267 e. The van der Waals surface area contributed by atoms with Gasteiger partial charge in [-0.3, -0.25) is 9.59 Å². The Morgan fingerprint density at radius 1 is 1.29 bits per heavy atom. The fourth-order valence-electron chi connectivity index (χ4n) is 3.75. The number of nitrogens with zero attached hydrogens (tertiary/aromatic N) is 3. The highest BCUT2D eigenvalue weighted by molar-refractivity contribution is 6.39. The number of carbonyl (C=O) groups is 2. The quantitative estimate of drug-likeness (QED) is 0.730. The van der Waals surface area contributed by atoms with E-state index in [-0.39, 0.29) is 30.6 Å². The maximum atomic E-state index is 13.0. The Balaban J connectivity index is 1.46. The highest BCUT2D eigenvalue weighted by Gasteiger charge is 2.24. The molecule has 2 amide bonds. The van der Waals surface area contributed by atoms with E-state index in [9.17, 15) is 14.0 Å². The molecular weight excluding hydrogens is 359 g/mol. The monoisotopic (exact) mass is 388 g/mol. The second-order valence-corrected chi connectivity index (χ2v) is 7.78. The largest absolute Gasteiger partial charge is 0.351 e. The van der Waals surface area contributed by atoms with Crippen LogP contribution in [-0.2, 0) is 16.1 Å². The van der Waals surface area contributed by atoms with E-state index in [0.717, 1.165) is 37.5 Å². The number of hydrazone groups is 1. The van der Waals surface area contributed by atoms with Crippen LogP contribution in [0.2, 0.25) is 0 Å². The Hall–Kier alpha value is -2.28. The normalized spacial score (nSPS) is 20.8. The molecule has 0 radical (unpaired) electrons. The van der Waals surface area contributed by atoms with Gasteiger partial charge < -0.3 is 10.2 Å². The topological polar surface area (TPSA) is 65.0 Å². The predicted molar refractivity (Wildman–Crippen MR) is 106 cm³/mol. The van der Waals surface area contributed by atoms with Crippen molar-refractivity contribution in [2.45, 2.75) is 45.6 Å². The average molecular weight is 388 g/mol. The summed E-state index contributed by atoms with van der Waals surface area (Å²) in [5, 5.41) is 8.48. The lowest BCUT2D eigenvalue weighted by atomic mass is 10.0. The van der Waals surface area contributed by atoms with Gasteiger partial charge in [0.1, 0.15) is 11.5 Å². The van der Waals surface area contributed by atoms with Crippen LogP contribution in [0.15, 0.2) is 29.4 Å². The van der Waals surface area contributed by atoms with Gasteiger partial charge in [-0.2, -0.15) is 5.10 Å². The van der Waals surface area contributed by atoms with E-state index in [0.29, 0.717) is 18.7 Å². The van der Waals surface area contributed by atoms with Crippen molar-refractivity contribution in [3.05, 3.63) is 35.6 Å². The highest BCUT2D eigenvalue weighted by atomic mass is 19.1. The average Bonchev–Trinajstić information content (AvgIpc) is 2.68. The van der Waals surface area contributed by atoms with Gasteiger partial charge in [0.25, 0.3) is 5.91 Å². The number of halogens is 1. The van der Waals surface area contributed by atoms with Gasteiger partial charge in [0, 0.05) is 25.9 Å². The molecule has 7 heteroatoms. The van der Waals surface area contributed by atoms with Gasteiger partial charge in [-0.15, -0.1) is 0 Å². The van der Waals surface area contributed by atoms with Crippen molar-refractivity contribution in [2.24, 2.45) is 11.0 Å². The van der Waals surface area contributed by atoms with Gasteiger partial charge in [-0.05, 0) is 56.0 Å². The summed E-state index contributed by atoms with van der Waals surface area (Å²) in [5.74, 6) is 0.101. The third-order valence-corrected chi connectivity index (χ3v) is 5.29. The summed E-state index contributed by atoms with van der Waals surface area (Å²) in [4.78, 5) is 27.0. The number of likely N-dealkylation sites (tertiary alicyclic amines) is 1. The summed E-state index contributed by atoms with van der Waals surface area (Å²) in [5.41, 5.74) is 1.16. The van der Waals surface area contributed by atoms with Crippen LogP contribution in [0.3, 0.4) is 0 Å². The molecule has 6 nitrogen and oxygen atoms in total. The van der Waals surface area contributed by atoms with Crippen molar-refractivity contribution in [3.63, 3.8) is 0 Å². The van der Waals surface area contributed by atoms with Crippen LogP contribution in [-0.4, -0.2) is 53.6 Å². The van der Waals surface area contributed by atoms with Crippen molar-refractivity contribution < 1.29 is 14.0 Å². The highest BCUT2D eigenvalue weighted by Crippen LogP contribution is 2.16. The molecule has 0 aromatic heterocycles. The molecule has 152 valence electrons. The Labute approximate surface area is 165 Å². The van der Waals surface area contributed by atoms with Gasteiger partial charge in [0.05, 0.1) is 6.54 Å². The van der Waals surface area contributed by atoms with E-state index in [4.69, 9.17) is 0 Å². The van der Waals surface area contributed by atoms with E-state index in [1.165, 1.54) is 30.0 Å². The molecule has 1 fully saturated rings. The lowest BCUT2D eigenvalue weighted by molar-refractivity contribution is -0.132. The minimum absolute atomic E-state index is 0.125. The van der Waals surface area contributed by atoms with Crippen LogP contribution in [0.1, 0.15) is 44.6 Å². The van der Waals surface area contributed by atoms with E-state index < -0.39 is 0 Å². The fraction of sp³-hybridized carbons (Fsp3) is 0.571. The van der Waals surface area contributed by atoms with Gasteiger partial charge in [-0.1, -0.05) is 19.1 Å². The first kappa shape index (κ1) is 20.5. The Morgan fingerprint density at radius 2 is 2.07 bits per heavy atom. The second-order valence-electron chi connectivity index (χ2n) is 7.78. The number of nitrogens with one attached hydrogen (secondary N) is 1. The summed E-state index contributed by atoms with van der Waals surface area (Å²) < 4.78 is 13.0. The van der Waals surface area contributed by atoms with Crippen molar-refractivity contribution >= 4 is 17.5 Å². The summed E-state index contributed by atoms with van der Waals surface area (Å²) in [6.45, 7) is 6.41. The lowest BCUT2D eigenvalue weighted by Crippen LogP contribution is -2.40. The van der Waals surface area contributed by atoms with E-state index in [1.807, 2.05) is 0 Å². The molecule has 1 atom stereocenters. The standard InChI is InChI=1S/C21H29FN4O2/c1-16-4-2-12-25(14-16)13-3-11-23-21(28)19-9-10-20(27)26(24-19)15-17-5-7-18(22)8-6-17/h5-8,16H,2-4,9-15H2,1H3,(H,23,28). The number of hydrogen-bond donors (Lipinski definition) is 1. The maximum Gasteiger partial charge on any atom is 0.267 e. The number of piperidine rings is 1. The molecule has 2 aliphatic heterocycles. The summed E-state index contributed by atoms with van der Waals surface area (Å²) >= 11 is 0. The molecule has 0 saturated carbocycles. The number of benzene rings is 1. The minimum atomic E-state index is -0.323. The number of amides is 2. The molecule has 0 aliphatic carbocycles. The van der Waals surface area contributed by atoms with E-state index in [2.05, 4.69) is 22.2 Å². The Kier molecular flexibility index (Phi) is 7.14. The maximum absolute atomic E-state index is 13.0. The minimum Gasteiger partial charge on any atom is -0.351 e. The molecule has 0 spiro atoms. The second kappa shape index (κ2) is 9.78. The predicted octanol–water partition coefficient (Wildman–Crippen LogP) is 2.54. The SMILES string of the molecule is CC1CCCN(CCCNC(=O)C2=NN(Cc3ccc(F)cc3)C(=O)CC2)C1. The zero-order valence-corrected chi connectivity index (χ0v) is 16.5. The third-order valence-electron chi connectivity index (χ3n) is 5.29. The number of rotatable bonds is 7. The van der Waals surface area contributed by atoms with Crippen molar-refractivity contribution in [1.82, 2.24) is 15.2 Å². The van der Waals surface area contributed by atoms with Crippen LogP contribution in [0.4, 0.5) is 4.39 Å². The van der Waals surface area contributed by atoms with Gasteiger partial charge >= 0.3 is 0 Å². The number of hydrogen-bond acceptors (Lipinski definition) is 4. The molecule has 2 aliphatic rings. The van der Waals surface area contributed by atoms with Crippen LogP contribution < -0.4 is 5.32 Å². The summed E-state index contributed by atoms with van der Waals surface area (Å²) in [6.07, 6.45) is 4.08. The molecule has 1 aromatic carbocycles. The molecular formula is C21H29FN4O2. The fourth-order valence-corrected chi connectivity index (χ4v) is 3.75. The van der Waals surface area contributed by atoms with Crippen LogP contribution in [0.25, 0.3) is 0 Å². The first-order valence-corrected chi connectivity index (χ1v) is 10.1. The first-order chi connectivity index (χ1) is 13.5. The van der Waals surface area contributed by atoms with Crippen molar-refractivity contribution in [3.8, 4) is 0 Å². The molecule has 28 heavy (non-hydrogen) atoms. The van der Waals surface area contributed by atoms with Crippen molar-refractivity contribution in [2.75, 3.05) is 26.2 Å². The van der Waals surface area contributed by atoms with Gasteiger partial charge in [0.15, 0.2) is 0 Å². The van der Waals surface area contributed by atoms with Crippen LogP contribution >= 0.6 is 0 Å². The summed E-state index contributed by atoms with van der Waals surface area (Å²) in [7, 11) is 0. The first-order valence-electron chi connectivity index (χ1n) is 10.1. The number of carbonyl (C=O) groups excluding carboxylic acids is 2. The lowest BCUT2D eigenvalue weighted by Gasteiger charge is -2.30. The van der Waals surface area contributed by atoms with Crippen molar-refractivity contribution in [1.29, 1.82) is 0 Å². The van der Waals surface area contributed by atoms with Crippen LogP contribution in [0, 0.1) is 11.7 Å². The molecule has 1 aromatic rings.